The average molecular weight is 1080 g/mol. The van der Waals surface area contributed by atoms with Gasteiger partial charge < -0.3 is 28.4 Å². The highest BCUT2D eigenvalue weighted by Crippen LogP contribution is 2.30. The van der Waals surface area contributed by atoms with E-state index in [2.05, 4.69) is 19.9 Å². The van der Waals surface area contributed by atoms with Gasteiger partial charge in [0.1, 0.15) is 34.5 Å². The zero-order valence-corrected chi connectivity index (χ0v) is 46.8. The molecule has 7 aromatic carbocycles. The number of benzene rings is 7. The lowest BCUT2D eigenvalue weighted by molar-refractivity contribution is 0.0720. The number of unbranched alkanes of at least 4 members (excludes halogenated alkanes) is 18. The topological polar surface area (TPSA) is 124 Å². The van der Waals surface area contributed by atoms with E-state index in [1.54, 1.807) is 121 Å². The number of hydrogen-bond acceptors (Lipinski definition) is 10. The summed E-state index contributed by atoms with van der Waals surface area (Å²) >= 11 is 0. The van der Waals surface area contributed by atoms with E-state index in [1.165, 1.54) is 103 Å². The maximum atomic E-state index is 13.1. The van der Waals surface area contributed by atoms with Crippen LogP contribution in [0, 0.1) is 0 Å². The van der Waals surface area contributed by atoms with Gasteiger partial charge in [0.2, 0.25) is 0 Å². The minimum absolute atomic E-state index is 0.304. The third-order valence-corrected chi connectivity index (χ3v) is 14.0. The summed E-state index contributed by atoms with van der Waals surface area (Å²) in [4.78, 5) is 51.9. The van der Waals surface area contributed by atoms with Crippen molar-refractivity contribution in [1.29, 1.82) is 0 Å². The van der Waals surface area contributed by atoms with Crippen LogP contribution in [0.25, 0.3) is 22.3 Å². The SMILES string of the molecule is CCCCCCCCCCCCOc1ccc(C(=O)Oc2ccc(C(=O)Oc3ccc(-c4cccc(-c5ccc(OC(=O)c6ccc(OC(=O)c7ccc(OCCCCCCCCCCCC)cc7)cc6)cc5)c4)cc3)cc2)cc1. The van der Waals surface area contributed by atoms with Gasteiger partial charge in [0.25, 0.3) is 0 Å². The van der Waals surface area contributed by atoms with Crippen LogP contribution in [0.3, 0.4) is 0 Å². The molecule has 0 heterocycles. The summed E-state index contributed by atoms with van der Waals surface area (Å²) in [6.45, 7) is 5.79. The molecule has 0 aliphatic rings. The maximum Gasteiger partial charge on any atom is 0.343 e. The van der Waals surface area contributed by atoms with E-state index in [9.17, 15) is 19.2 Å². The molecule has 0 atom stereocenters. The Morgan fingerprint density at radius 1 is 0.263 bits per heavy atom. The molecule has 80 heavy (non-hydrogen) atoms. The van der Waals surface area contributed by atoms with Gasteiger partial charge in [0.15, 0.2) is 0 Å². The molecular formula is C70H78O10. The quantitative estimate of drug-likeness (QED) is 0.0219. The van der Waals surface area contributed by atoms with Gasteiger partial charge in [-0.3, -0.25) is 0 Å². The Morgan fingerprint density at radius 2 is 0.500 bits per heavy atom. The predicted molar refractivity (Wildman–Crippen MR) is 318 cm³/mol. The molecule has 0 aliphatic heterocycles. The number of hydrogen-bond donors (Lipinski definition) is 0. The van der Waals surface area contributed by atoms with Crippen LogP contribution in [0.1, 0.15) is 184 Å². The number of esters is 4. The monoisotopic (exact) mass is 1080 g/mol. The zero-order valence-electron chi connectivity index (χ0n) is 46.8. The largest absolute Gasteiger partial charge is 0.494 e. The van der Waals surface area contributed by atoms with E-state index in [1.807, 2.05) is 42.5 Å². The van der Waals surface area contributed by atoms with Crippen LogP contribution in [0.5, 0.6) is 34.5 Å². The lowest BCUT2D eigenvalue weighted by Gasteiger charge is -2.10. The molecule has 418 valence electrons. The third kappa shape index (κ3) is 20.4. The first-order chi connectivity index (χ1) is 39.2. The molecule has 10 nitrogen and oxygen atoms in total. The van der Waals surface area contributed by atoms with Gasteiger partial charge in [0.05, 0.1) is 35.5 Å². The summed E-state index contributed by atoms with van der Waals surface area (Å²) in [6.07, 6.45) is 25.4. The summed E-state index contributed by atoms with van der Waals surface area (Å²) in [5.41, 5.74) is 5.15. The smallest absolute Gasteiger partial charge is 0.343 e. The fraction of sp³-hybridized carbons (Fsp3) is 0.343. The van der Waals surface area contributed by atoms with Crippen molar-refractivity contribution in [3.05, 3.63) is 192 Å². The summed E-state index contributed by atoms with van der Waals surface area (Å²) in [5.74, 6) is 0.684. The van der Waals surface area contributed by atoms with Gasteiger partial charge in [-0.2, -0.15) is 0 Å². The Morgan fingerprint density at radius 3 is 0.775 bits per heavy atom. The molecule has 0 aliphatic carbocycles. The molecule has 0 amide bonds. The van der Waals surface area contributed by atoms with Crippen molar-refractivity contribution in [3.63, 3.8) is 0 Å². The van der Waals surface area contributed by atoms with Crippen LogP contribution in [0.4, 0.5) is 0 Å². The lowest BCUT2D eigenvalue weighted by atomic mass is 9.99. The molecule has 0 saturated heterocycles. The lowest BCUT2D eigenvalue weighted by Crippen LogP contribution is -2.10. The molecule has 0 aromatic heterocycles. The fourth-order valence-corrected chi connectivity index (χ4v) is 9.22. The molecule has 10 heteroatoms. The van der Waals surface area contributed by atoms with E-state index in [4.69, 9.17) is 28.4 Å². The van der Waals surface area contributed by atoms with Gasteiger partial charge in [0, 0.05) is 0 Å². The van der Waals surface area contributed by atoms with Gasteiger partial charge in [-0.05, 0) is 162 Å². The van der Waals surface area contributed by atoms with E-state index in [0.29, 0.717) is 58.5 Å². The second kappa shape index (κ2) is 33.5. The second-order valence-corrected chi connectivity index (χ2v) is 20.3. The van der Waals surface area contributed by atoms with Crippen molar-refractivity contribution in [2.45, 2.75) is 142 Å². The van der Waals surface area contributed by atoms with E-state index in [-0.39, 0.29) is 0 Å². The van der Waals surface area contributed by atoms with Gasteiger partial charge in [-0.15, -0.1) is 0 Å². The fourth-order valence-electron chi connectivity index (χ4n) is 9.22. The predicted octanol–water partition coefficient (Wildman–Crippen LogP) is 18.5. The van der Waals surface area contributed by atoms with Crippen molar-refractivity contribution in [2.24, 2.45) is 0 Å². The highest BCUT2D eigenvalue weighted by Gasteiger charge is 2.15. The molecule has 7 rings (SSSR count). The minimum Gasteiger partial charge on any atom is -0.494 e. The van der Waals surface area contributed by atoms with Crippen LogP contribution in [-0.4, -0.2) is 37.1 Å². The number of rotatable bonds is 34. The van der Waals surface area contributed by atoms with E-state index >= 15 is 0 Å². The molecule has 0 N–H and O–H groups in total. The van der Waals surface area contributed by atoms with E-state index < -0.39 is 23.9 Å². The van der Waals surface area contributed by atoms with Crippen molar-refractivity contribution >= 4 is 23.9 Å². The number of carbonyl (C=O) groups is 4. The Bertz CT molecular complexity index is 2750. The molecule has 0 saturated carbocycles. The maximum absolute atomic E-state index is 13.1. The summed E-state index contributed by atoms with van der Waals surface area (Å²) in [7, 11) is 0. The number of carbonyl (C=O) groups excluding carboxylic acids is 4. The van der Waals surface area contributed by atoms with Crippen LogP contribution in [-0.2, 0) is 0 Å². The summed E-state index contributed by atoms with van der Waals surface area (Å²) in [5, 5.41) is 0. The Labute approximate surface area is 473 Å². The zero-order chi connectivity index (χ0) is 56.0. The van der Waals surface area contributed by atoms with Crippen molar-refractivity contribution in [2.75, 3.05) is 13.2 Å². The van der Waals surface area contributed by atoms with Crippen LogP contribution in [0.2, 0.25) is 0 Å². The molecule has 0 unspecified atom stereocenters. The minimum atomic E-state index is -0.547. The van der Waals surface area contributed by atoms with Gasteiger partial charge >= 0.3 is 23.9 Å². The molecule has 0 bridgehead atoms. The third-order valence-electron chi connectivity index (χ3n) is 14.0. The Hall–Kier alpha value is -7.98. The van der Waals surface area contributed by atoms with Crippen molar-refractivity contribution < 1.29 is 47.6 Å². The first-order valence-electron chi connectivity index (χ1n) is 29.1. The Kier molecular flexibility index (Phi) is 25.0. The standard InChI is InChI=1S/C70H78O10/c1-3-5-7-9-11-13-15-17-19-21-50-75-61-38-30-55(31-39-61)67(71)79-65-46-34-57(35-47-65)69(73)77-63-42-26-53(27-43-63)59-24-23-25-60(52-59)54-28-44-64(45-29-54)78-70(74)58-36-48-66(49-37-58)80-68(72)56-32-40-62(41-33-56)76-51-22-20-18-16-14-12-10-8-6-4-2/h23-49,52H,3-22,50-51H2,1-2H3. The van der Waals surface area contributed by atoms with Crippen molar-refractivity contribution in [1.82, 2.24) is 0 Å². The molecule has 0 spiro atoms. The summed E-state index contributed by atoms with van der Waals surface area (Å²) < 4.78 is 34.3. The highest BCUT2D eigenvalue weighted by atomic mass is 16.5. The average Bonchev–Trinajstić information content (AvgIpc) is 3.49. The van der Waals surface area contributed by atoms with Gasteiger partial charge in [-0.1, -0.05) is 172 Å². The first kappa shape index (κ1) is 59.7. The first-order valence-corrected chi connectivity index (χ1v) is 29.1. The molecule has 0 fully saturated rings. The molecule has 7 aromatic rings. The molecular weight excluding hydrogens is 1000 g/mol. The van der Waals surface area contributed by atoms with Gasteiger partial charge in [-0.25, -0.2) is 19.2 Å². The van der Waals surface area contributed by atoms with Crippen LogP contribution >= 0.6 is 0 Å². The molecule has 0 radical (unpaired) electrons. The second-order valence-electron chi connectivity index (χ2n) is 20.3. The number of ether oxygens (including phenoxy) is 6. The van der Waals surface area contributed by atoms with Crippen LogP contribution in [0.15, 0.2) is 170 Å². The summed E-state index contributed by atoms with van der Waals surface area (Å²) in [6, 6.07) is 48.9. The van der Waals surface area contributed by atoms with Crippen molar-refractivity contribution in [3.8, 4) is 56.8 Å². The Balaban J connectivity index is 0.793. The normalized spacial score (nSPS) is 10.9. The highest BCUT2D eigenvalue weighted by molar-refractivity contribution is 5.94. The van der Waals surface area contributed by atoms with E-state index in [0.717, 1.165) is 59.4 Å². The van der Waals surface area contributed by atoms with Crippen LogP contribution < -0.4 is 28.4 Å².